The zero-order chi connectivity index (χ0) is 10.2. The predicted octanol–water partition coefficient (Wildman–Crippen LogP) is 1.17. The molecular formula is C9H21NO2. The third-order valence-electron chi connectivity index (χ3n) is 1.84. The number of amides is 1. The van der Waals surface area contributed by atoms with Crippen molar-refractivity contribution >= 4 is 5.91 Å². The molecule has 0 unspecified atom stereocenters. The average Bonchev–Trinajstić information content (AvgIpc) is 2.08. The van der Waals surface area contributed by atoms with E-state index in [1.165, 1.54) is 0 Å². The molecule has 0 aliphatic rings. The second kappa shape index (κ2) is 7.10. The molecular weight excluding hydrogens is 154 g/mol. The Morgan fingerprint density at radius 3 is 2.00 bits per heavy atom. The fourth-order valence-electron chi connectivity index (χ4n) is 0.560. The Labute approximate surface area is 75.2 Å². The van der Waals surface area contributed by atoms with Crippen molar-refractivity contribution in [3.8, 4) is 0 Å². The van der Waals surface area contributed by atoms with E-state index in [4.69, 9.17) is 5.11 Å². The molecule has 2 N–H and O–H groups in total. The minimum atomic E-state index is -0.198. The minimum absolute atomic E-state index is 0.150. The Hall–Kier alpha value is -0.570. The Morgan fingerprint density at radius 1 is 1.33 bits per heavy atom. The molecule has 0 atom stereocenters. The van der Waals surface area contributed by atoms with Crippen molar-refractivity contribution in [1.29, 1.82) is 0 Å². The van der Waals surface area contributed by atoms with Crippen molar-refractivity contribution in [3.63, 3.8) is 0 Å². The lowest BCUT2D eigenvalue weighted by molar-refractivity contribution is -0.129. The van der Waals surface area contributed by atoms with E-state index in [1.54, 1.807) is 0 Å². The number of carbonyl (C=O) groups is 1. The van der Waals surface area contributed by atoms with Crippen LogP contribution in [0, 0.1) is 5.41 Å². The van der Waals surface area contributed by atoms with Gasteiger partial charge < -0.3 is 10.4 Å². The van der Waals surface area contributed by atoms with Crippen LogP contribution < -0.4 is 5.32 Å². The van der Waals surface area contributed by atoms with Crippen molar-refractivity contribution in [2.45, 2.75) is 34.1 Å². The number of hydrogen-bond acceptors (Lipinski definition) is 2. The van der Waals surface area contributed by atoms with Crippen LogP contribution in [-0.4, -0.2) is 24.7 Å². The van der Waals surface area contributed by atoms with Crippen LogP contribution in [0.25, 0.3) is 0 Å². The van der Waals surface area contributed by atoms with Crippen LogP contribution in [0.15, 0.2) is 0 Å². The van der Waals surface area contributed by atoms with Crippen molar-refractivity contribution in [2.24, 2.45) is 5.41 Å². The lowest BCUT2D eigenvalue weighted by atomic mass is 9.89. The number of aliphatic hydroxyl groups is 1. The molecule has 0 saturated carbocycles. The maximum atomic E-state index is 11.2. The topological polar surface area (TPSA) is 49.3 Å². The first kappa shape index (κ1) is 14.0. The molecule has 3 nitrogen and oxygen atoms in total. The fraction of sp³-hybridized carbons (Fsp3) is 0.889. The van der Waals surface area contributed by atoms with E-state index in [9.17, 15) is 4.79 Å². The van der Waals surface area contributed by atoms with E-state index in [2.05, 4.69) is 5.32 Å². The maximum Gasteiger partial charge on any atom is 0.225 e. The van der Waals surface area contributed by atoms with Gasteiger partial charge in [-0.3, -0.25) is 4.79 Å². The summed E-state index contributed by atoms with van der Waals surface area (Å²) in [6.07, 6.45) is 0.888. The number of hydrogen-bond donors (Lipinski definition) is 2. The summed E-state index contributed by atoms with van der Waals surface area (Å²) >= 11 is 0. The molecule has 0 rings (SSSR count). The van der Waals surface area contributed by atoms with Crippen LogP contribution in [0.1, 0.15) is 34.1 Å². The van der Waals surface area contributed by atoms with Gasteiger partial charge in [0.2, 0.25) is 5.91 Å². The largest absolute Gasteiger partial charge is 0.400 e. The molecule has 0 heterocycles. The van der Waals surface area contributed by atoms with Crippen LogP contribution >= 0.6 is 0 Å². The van der Waals surface area contributed by atoms with Gasteiger partial charge in [0.15, 0.2) is 0 Å². The number of aliphatic hydroxyl groups excluding tert-OH is 1. The molecule has 0 bridgehead atoms. The van der Waals surface area contributed by atoms with Gasteiger partial charge in [0.1, 0.15) is 0 Å². The normalized spacial score (nSPS) is 9.83. The van der Waals surface area contributed by atoms with Gasteiger partial charge in [0.25, 0.3) is 0 Å². The molecule has 3 heteroatoms. The molecule has 0 aromatic heterocycles. The zero-order valence-electron chi connectivity index (χ0n) is 8.77. The highest BCUT2D eigenvalue weighted by Gasteiger charge is 2.23. The second-order valence-electron chi connectivity index (χ2n) is 3.10. The monoisotopic (exact) mass is 175 g/mol. The summed E-state index contributed by atoms with van der Waals surface area (Å²) in [6, 6.07) is 0. The first-order valence-electron chi connectivity index (χ1n) is 4.27. The SMILES string of the molecule is CCNC(=O)C(C)(C)CC.CO. The van der Waals surface area contributed by atoms with Crippen molar-refractivity contribution in [3.05, 3.63) is 0 Å². The summed E-state index contributed by atoms with van der Waals surface area (Å²) in [6.45, 7) is 8.59. The van der Waals surface area contributed by atoms with Crippen molar-refractivity contribution in [2.75, 3.05) is 13.7 Å². The fourth-order valence-corrected chi connectivity index (χ4v) is 0.560. The Kier molecular flexibility index (Phi) is 8.27. The Balaban J connectivity index is 0. The lowest BCUT2D eigenvalue weighted by Crippen LogP contribution is -2.36. The van der Waals surface area contributed by atoms with E-state index < -0.39 is 0 Å². The maximum absolute atomic E-state index is 11.2. The molecule has 0 aliphatic heterocycles. The van der Waals surface area contributed by atoms with Gasteiger partial charge in [-0.15, -0.1) is 0 Å². The van der Waals surface area contributed by atoms with E-state index in [0.29, 0.717) is 0 Å². The molecule has 0 aromatic rings. The highest BCUT2D eigenvalue weighted by atomic mass is 16.2. The minimum Gasteiger partial charge on any atom is -0.400 e. The van der Waals surface area contributed by atoms with Gasteiger partial charge in [-0.2, -0.15) is 0 Å². The number of nitrogens with one attached hydrogen (secondary N) is 1. The quantitative estimate of drug-likeness (QED) is 0.676. The molecule has 1 amide bonds. The number of carbonyl (C=O) groups excluding carboxylic acids is 1. The smallest absolute Gasteiger partial charge is 0.225 e. The lowest BCUT2D eigenvalue weighted by Gasteiger charge is -2.20. The molecule has 74 valence electrons. The molecule has 0 saturated heterocycles. The third-order valence-corrected chi connectivity index (χ3v) is 1.84. The van der Waals surface area contributed by atoms with Gasteiger partial charge in [-0.25, -0.2) is 0 Å². The highest BCUT2D eigenvalue weighted by Crippen LogP contribution is 2.18. The van der Waals surface area contributed by atoms with E-state index in [0.717, 1.165) is 20.1 Å². The van der Waals surface area contributed by atoms with Gasteiger partial charge >= 0.3 is 0 Å². The van der Waals surface area contributed by atoms with E-state index in [1.807, 2.05) is 27.7 Å². The van der Waals surface area contributed by atoms with Crippen LogP contribution in [0.3, 0.4) is 0 Å². The standard InChI is InChI=1S/C8H17NO.CH4O/c1-5-8(3,4)7(10)9-6-2;1-2/h5-6H2,1-4H3,(H,9,10);2H,1H3. The van der Waals surface area contributed by atoms with Crippen molar-refractivity contribution < 1.29 is 9.90 Å². The van der Waals surface area contributed by atoms with Crippen LogP contribution in [0.4, 0.5) is 0 Å². The van der Waals surface area contributed by atoms with Gasteiger partial charge in [-0.05, 0) is 13.3 Å². The first-order chi connectivity index (χ1) is 5.54. The number of rotatable bonds is 3. The summed E-state index contributed by atoms with van der Waals surface area (Å²) in [5.41, 5.74) is -0.198. The van der Waals surface area contributed by atoms with Crippen LogP contribution in [-0.2, 0) is 4.79 Å². The van der Waals surface area contributed by atoms with Gasteiger partial charge in [-0.1, -0.05) is 20.8 Å². The van der Waals surface area contributed by atoms with Crippen molar-refractivity contribution in [1.82, 2.24) is 5.32 Å². The molecule has 0 radical (unpaired) electrons. The van der Waals surface area contributed by atoms with E-state index in [-0.39, 0.29) is 11.3 Å². The van der Waals surface area contributed by atoms with Crippen LogP contribution in [0.2, 0.25) is 0 Å². The molecule has 12 heavy (non-hydrogen) atoms. The summed E-state index contributed by atoms with van der Waals surface area (Å²) < 4.78 is 0. The zero-order valence-corrected chi connectivity index (χ0v) is 8.77. The van der Waals surface area contributed by atoms with Gasteiger partial charge in [0.05, 0.1) is 0 Å². The summed E-state index contributed by atoms with van der Waals surface area (Å²) in [4.78, 5) is 11.2. The first-order valence-corrected chi connectivity index (χ1v) is 4.27. The summed E-state index contributed by atoms with van der Waals surface area (Å²) in [7, 11) is 1.00. The van der Waals surface area contributed by atoms with Gasteiger partial charge in [0, 0.05) is 19.1 Å². The Bertz CT molecular complexity index is 122. The molecule has 0 spiro atoms. The van der Waals surface area contributed by atoms with E-state index >= 15 is 0 Å². The second-order valence-corrected chi connectivity index (χ2v) is 3.10. The molecule has 0 fully saturated rings. The van der Waals surface area contributed by atoms with Crippen LogP contribution in [0.5, 0.6) is 0 Å². The summed E-state index contributed by atoms with van der Waals surface area (Å²) in [5.74, 6) is 0.150. The Morgan fingerprint density at radius 2 is 1.75 bits per heavy atom. The summed E-state index contributed by atoms with van der Waals surface area (Å²) in [5, 5.41) is 9.80. The molecule has 0 aliphatic carbocycles. The average molecular weight is 175 g/mol. The third kappa shape index (κ3) is 5.13. The predicted molar refractivity (Wildman–Crippen MR) is 50.9 cm³/mol. The molecule has 0 aromatic carbocycles. The highest BCUT2D eigenvalue weighted by molar-refractivity contribution is 5.81.